The highest BCUT2D eigenvalue weighted by molar-refractivity contribution is 9.10. The molecule has 0 fully saturated rings. The van der Waals surface area contributed by atoms with Gasteiger partial charge in [-0.1, -0.05) is 15.9 Å². The minimum absolute atomic E-state index is 0.199. The predicted octanol–water partition coefficient (Wildman–Crippen LogP) is 3.78. The van der Waals surface area contributed by atoms with Gasteiger partial charge >= 0.3 is 0 Å². The summed E-state index contributed by atoms with van der Waals surface area (Å²) >= 11 is 3.30. The molecule has 5 heteroatoms. The topological polar surface area (TPSA) is 66.0 Å². The Morgan fingerprint density at radius 2 is 1.95 bits per heavy atom. The van der Waals surface area contributed by atoms with E-state index < -0.39 is 0 Å². The molecule has 1 aromatic carbocycles. The zero-order chi connectivity index (χ0) is 14.0. The van der Waals surface area contributed by atoms with Crippen molar-refractivity contribution >= 4 is 27.7 Å². The van der Waals surface area contributed by atoms with Gasteiger partial charge in [-0.3, -0.25) is 10.1 Å². The number of nitrogens with one attached hydrogen (secondary N) is 1. The average Bonchev–Trinajstić information content (AvgIpc) is 2.65. The SMILES string of the molecule is Cc1oc(NC(=O)c2ccc(Br)cc2)c(C#N)c1C. The standard InChI is InChI=1S/C14H11BrN2O2/c1-8-9(2)19-14(12(8)7-16)17-13(18)10-3-5-11(15)6-4-10/h3-6H,1-2H3,(H,17,18). The third-order valence-corrected chi connectivity index (χ3v) is 3.36. The molecule has 2 rings (SSSR count). The summed E-state index contributed by atoms with van der Waals surface area (Å²) in [4.78, 5) is 12.0. The lowest BCUT2D eigenvalue weighted by Gasteiger charge is -2.02. The van der Waals surface area contributed by atoms with E-state index in [1.165, 1.54) is 0 Å². The minimum Gasteiger partial charge on any atom is -0.444 e. The molecular weight excluding hydrogens is 308 g/mol. The van der Waals surface area contributed by atoms with Crippen molar-refractivity contribution in [1.29, 1.82) is 5.26 Å². The van der Waals surface area contributed by atoms with Crippen molar-refractivity contribution in [1.82, 2.24) is 0 Å². The molecule has 0 saturated carbocycles. The molecule has 2 aromatic rings. The molecule has 0 aliphatic heterocycles. The Morgan fingerprint density at radius 1 is 1.32 bits per heavy atom. The first-order valence-electron chi connectivity index (χ1n) is 5.60. The van der Waals surface area contributed by atoms with Crippen LogP contribution in [-0.4, -0.2) is 5.91 Å². The van der Waals surface area contributed by atoms with Crippen molar-refractivity contribution in [2.75, 3.05) is 5.32 Å². The van der Waals surface area contributed by atoms with Crippen molar-refractivity contribution in [2.24, 2.45) is 0 Å². The lowest BCUT2D eigenvalue weighted by Crippen LogP contribution is -2.11. The molecule has 1 amide bonds. The summed E-state index contributed by atoms with van der Waals surface area (Å²) < 4.78 is 6.28. The van der Waals surface area contributed by atoms with Crippen LogP contribution >= 0.6 is 15.9 Å². The Labute approximate surface area is 119 Å². The third-order valence-electron chi connectivity index (χ3n) is 2.83. The molecule has 1 heterocycles. The Hall–Kier alpha value is -2.06. The van der Waals surface area contributed by atoms with E-state index in [9.17, 15) is 4.79 Å². The van der Waals surface area contributed by atoms with Gasteiger partial charge in [-0.2, -0.15) is 5.26 Å². The van der Waals surface area contributed by atoms with Gasteiger partial charge < -0.3 is 4.42 Å². The lowest BCUT2D eigenvalue weighted by molar-refractivity contribution is 0.102. The number of hydrogen-bond donors (Lipinski definition) is 1. The van der Waals surface area contributed by atoms with E-state index in [2.05, 4.69) is 21.2 Å². The number of nitrogens with zero attached hydrogens (tertiary/aromatic N) is 1. The van der Waals surface area contributed by atoms with Gasteiger partial charge in [-0.25, -0.2) is 0 Å². The number of furan rings is 1. The van der Waals surface area contributed by atoms with E-state index in [-0.39, 0.29) is 11.8 Å². The number of benzene rings is 1. The zero-order valence-electron chi connectivity index (χ0n) is 10.5. The Morgan fingerprint density at radius 3 is 2.53 bits per heavy atom. The first kappa shape index (κ1) is 13.4. The summed E-state index contributed by atoms with van der Waals surface area (Å²) in [6.07, 6.45) is 0. The Kier molecular flexibility index (Phi) is 3.72. The number of anilines is 1. The molecule has 0 spiro atoms. The van der Waals surface area contributed by atoms with Crippen LogP contribution in [0.25, 0.3) is 0 Å². The van der Waals surface area contributed by atoms with E-state index >= 15 is 0 Å². The molecule has 0 aliphatic carbocycles. The maximum atomic E-state index is 12.0. The second kappa shape index (κ2) is 5.29. The maximum Gasteiger partial charge on any atom is 0.258 e. The third kappa shape index (κ3) is 2.69. The lowest BCUT2D eigenvalue weighted by atomic mass is 10.2. The van der Waals surface area contributed by atoms with Gasteiger partial charge in [-0.15, -0.1) is 0 Å². The number of hydrogen-bond acceptors (Lipinski definition) is 3. The predicted molar refractivity (Wildman–Crippen MR) is 75.0 cm³/mol. The van der Waals surface area contributed by atoms with Crippen LogP contribution in [0.5, 0.6) is 0 Å². The van der Waals surface area contributed by atoms with Crippen molar-refractivity contribution < 1.29 is 9.21 Å². The fraction of sp³-hybridized carbons (Fsp3) is 0.143. The second-order valence-electron chi connectivity index (χ2n) is 4.06. The van der Waals surface area contributed by atoms with E-state index in [1.807, 2.05) is 6.07 Å². The van der Waals surface area contributed by atoms with Gasteiger partial charge in [0.1, 0.15) is 17.4 Å². The molecule has 19 heavy (non-hydrogen) atoms. The number of rotatable bonds is 2. The first-order valence-corrected chi connectivity index (χ1v) is 6.39. The highest BCUT2D eigenvalue weighted by Crippen LogP contribution is 2.25. The molecule has 1 N–H and O–H groups in total. The van der Waals surface area contributed by atoms with E-state index in [1.54, 1.807) is 38.1 Å². The number of carbonyl (C=O) groups excluding carboxylic acids is 1. The molecule has 4 nitrogen and oxygen atoms in total. The van der Waals surface area contributed by atoms with Gasteiger partial charge in [0, 0.05) is 15.6 Å². The van der Waals surface area contributed by atoms with Gasteiger partial charge in [0.25, 0.3) is 5.91 Å². The van der Waals surface area contributed by atoms with E-state index in [0.717, 1.165) is 10.0 Å². The maximum absolute atomic E-state index is 12.0. The largest absolute Gasteiger partial charge is 0.444 e. The Bertz CT molecular complexity index is 666. The molecule has 0 unspecified atom stereocenters. The van der Waals surface area contributed by atoms with Crippen LogP contribution < -0.4 is 5.32 Å². The molecule has 0 saturated heterocycles. The van der Waals surface area contributed by atoms with Crippen molar-refractivity contribution in [2.45, 2.75) is 13.8 Å². The summed E-state index contributed by atoms with van der Waals surface area (Å²) in [5.74, 6) is 0.519. The van der Waals surface area contributed by atoms with Crippen LogP contribution in [0.3, 0.4) is 0 Å². The number of carbonyl (C=O) groups is 1. The van der Waals surface area contributed by atoms with Crippen molar-refractivity contribution in [3.8, 4) is 6.07 Å². The quantitative estimate of drug-likeness (QED) is 0.916. The summed E-state index contributed by atoms with van der Waals surface area (Å²) in [6.45, 7) is 3.54. The van der Waals surface area contributed by atoms with E-state index in [4.69, 9.17) is 9.68 Å². The number of amides is 1. The summed E-state index contributed by atoms with van der Waals surface area (Å²) in [6, 6.07) is 8.96. The van der Waals surface area contributed by atoms with Crippen LogP contribution in [0.15, 0.2) is 33.2 Å². The summed E-state index contributed by atoms with van der Waals surface area (Å²) in [7, 11) is 0. The van der Waals surface area contributed by atoms with Gasteiger partial charge in [0.15, 0.2) is 0 Å². The van der Waals surface area contributed by atoms with Gasteiger partial charge in [0.05, 0.1) is 0 Å². The number of aryl methyl sites for hydroxylation is 1. The smallest absolute Gasteiger partial charge is 0.258 e. The van der Waals surface area contributed by atoms with Crippen LogP contribution in [0.2, 0.25) is 0 Å². The summed E-state index contributed by atoms with van der Waals surface area (Å²) in [5, 5.41) is 11.7. The molecule has 96 valence electrons. The van der Waals surface area contributed by atoms with Crippen LogP contribution in [0.4, 0.5) is 5.88 Å². The van der Waals surface area contributed by atoms with Crippen LogP contribution in [0.1, 0.15) is 27.2 Å². The van der Waals surface area contributed by atoms with Crippen LogP contribution in [0, 0.1) is 25.2 Å². The van der Waals surface area contributed by atoms with Crippen molar-refractivity contribution in [3.63, 3.8) is 0 Å². The fourth-order valence-electron chi connectivity index (χ4n) is 1.63. The molecular formula is C14H11BrN2O2. The van der Waals surface area contributed by atoms with E-state index in [0.29, 0.717) is 16.9 Å². The monoisotopic (exact) mass is 318 g/mol. The Balaban J connectivity index is 2.27. The molecule has 0 radical (unpaired) electrons. The molecule has 0 bridgehead atoms. The van der Waals surface area contributed by atoms with Gasteiger partial charge in [-0.05, 0) is 38.1 Å². The normalized spacial score (nSPS) is 10.0. The minimum atomic E-state index is -0.308. The molecule has 1 aromatic heterocycles. The average molecular weight is 319 g/mol. The molecule has 0 atom stereocenters. The zero-order valence-corrected chi connectivity index (χ0v) is 12.0. The summed E-state index contributed by atoms with van der Waals surface area (Å²) in [5.41, 5.74) is 1.61. The van der Waals surface area contributed by atoms with Crippen molar-refractivity contribution in [3.05, 3.63) is 51.2 Å². The highest BCUT2D eigenvalue weighted by atomic mass is 79.9. The number of nitriles is 1. The first-order chi connectivity index (χ1) is 9.02. The highest BCUT2D eigenvalue weighted by Gasteiger charge is 2.17. The van der Waals surface area contributed by atoms with Gasteiger partial charge in [0.2, 0.25) is 5.88 Å². The molecule has 0 aliphatic rings. The second-order valence-corrected chi connectivity index (χ2v) is 4.98. The number of halogens is 1. The van der Waals surface area contributed by atoms with Crippen LogP contribution in [-0.2, 0) is 0 Å². The fourth-order valence-corrected chi connectivity index (χ4v) is 1.89.